The number of halogens is 1. The van der Waals surface area contributed by atoms with E-state index in [0.717, 1.165) is 9.13 Å². The fourth-order valence-electron chi connectivity index (χ4n) is 0.952. The van der Waals surface area contributed by atoms with Crippen LogP contribution in [-0.4, -0.2) is 4.92 Å². The molecule has 3 nitrogen and oxygen atoms in total. The van der Waals surface area contributed by atoms with Crippen LogP contribution in [0.4, 0.5) is 5.69 Å². The van der Waals surface area contributed by atoms with Crippen LogP contribution in [0.1, 0.15) is 12.5 Å². The molecule has 0 spiro atoms. The molecule has 0 saturated heterocycles. The van der Waals surface area contributed by atoms with E-state index < -0.39 is 0 Å². The molecule has 1 aromatic rings. The molecular weight excluding hydrogens is 281 g/mol. The summed E-state index contributed by atoms with van der Waals surface area (Å²) in [4.78, 5) is 10.1. The molecule has 0 aliphatic heterocycles. The highest BCUT2D eigenvalue weighted by atomic mass is 127. The fraction of sp³-hybridized carbons (Fsp3) is 0.111. The first kappa shape index (κ1) is 10.2. The van der Waals surface area contributed by atoms with Crippen LogP contribution < -0.4 is 0 Å². The summed E-state index contributed by atoms with van der Waals surface area (Å²) >= 11 is 2.15. The Hall–Kier alpha value is -0.910. The third-order valence-electron chi connectivity index (χ3n) is 1.54. The second kappa shape index (κ2) is 4.36. The maximum atomic E-state index is 10.4. The minimum atomic E-state index is -0.386. The zero-order chi connectivity index (χ0) is 9.84. The van der Waals surface area contributed by atoms with Gasteiger partial charge in [0.25, 0.3) is 5.69 Å². The minimum absolute atomic E-state index is 0.133. The number of benzene rings is 1. The largest absolute Gasteiger partial charge is 0.270 e. The van der Waals surface area contributed by atoms with Crippen molar-refractivity contribution >= 4 is 34.4 Å². The molecule has 1 aromatic carbocycles. The lowest BCUT2D eigenvalue weighted by Crippen LogP contribution is -1.89. The van der Waals surface area contributed by atoms with E-state index in [1.807, 2.05) is 19.1 Å². The third kappa shape index (κ3) is 2.51. The quantitative estimate of drug-likeness (QED) is 0.476. The van der Waals surface area contributed by atoms with E-state index in [2.05, 4.69) is 22.6 Å². The van der Waals surface area contributed by atoms with E-state index in [4.69, 9.17) is 0 Å². The predicted octanol–water partition coefficient (Wildman–Crippen LogP) is 3.23. The Bertz CT molecular complexity index is 361. The minimum Gasteiger partial charge on any atom is -0.258 e. The Labute approximate surface area is 89.8 Å². The first-order chi connectivity index (χ1) is 6.15. The number of nitrogens with zero attached hydrogens (tertiary/aromatic N) is 1. The molecule has 13 heavy (non-hydrogen) atoms. The third-order valence-corrected chi connectivity index (χ3v) is 2.52. The van der Waals surface area contributed by atoms with Gasteiger partial charge in [0.15, 0.2) is 0 Å². The molecule has 0 aliphatic rings. The molecule has 4 heteroatoms. The van der Waals surface area contributed by atoms with Gasteiger partial charge in [-0.15, -0.1) is 0 Å². The zero-order valence-electron chi connectivity index (χ0n) is 7.03. The zero-order valence-corrected chi connectivity index (χ0v) is 9.19. The van der Waals surface area contributed by atoms with E-state index >= 15 is 0 Å². The van der Waals surface area contributed by atoms with Gasteiger partial charge in [-0.05, 0) is 41.1 Å². The smallest absolute Gasteiger partial charge is 0.258 e. The summed E-state index contributed by atoms with van der Waals surface area (Å²) < 4.78 is 1.02. The summed E-state index contributed by atoms with van der Waals surface area (Å²) in [6.45, 7) is 1.88. The lowest BCUT2D eigenvalue weighted by Gasteiger charge is -1.97. The molecule has 0 radical (unpaired) electrons. The predicted molar refractivity (Wildman–Crippen MR) is 60.5 cm³/mol. The van der Waals surface area contributed by atoms with Crippen molar-refractivity contribution in [3.05, 3.63) is 43.5 Å². The monoisotopic (exact) mass is 289 g/mol. The van der Waals surface area contributed by atoms with Gasteiger partial charge in [0.05, 0.1) is 4.92 Å². The Kier molecular flexibility index (Phi) is 3.41. The van der Waals surface area contributed by atoms with Crippen molar-refractivity contribution in [1.82, 2.24) is 0 Å². The molecule has 0 amide bonds. The van der Waals surface area contributed by atoms with Crippen molar-refractivity contribution in [1.29, 1.82) is 0 Å². The number of nitro benzene ring substituents is 1. The number of allylic oxidation sites excluding steroid dienone is 1. The van der Waals surface area contributed by atoms with Gasteiger partial charge in [0.2, 0.25) is 0 Å². The van der Waals surface area contributed by atoms with Crippen LogP contribution in [0.2, 0.25) is 0 Å². The maximum Gasteiger partial charge on any atom is 0.270 e. The lowest BCUT2D eigenvalue weighted by molar-refractivity contribution is -0.384. The van der Waals surface area contributed by atoms with E-state index in [1.54, 1.807) is 12.1 Å². The average molecular weight is 289 g/mol. The van der Waals surface area contributed by atoms with E-state index in [-0.39, 0.29) is 10.6 Å². The SMILES string of the molecule is C/C=C/c1cc([N+](=O)[O-])ccc1I. The van der Waals surface area contributed by atoms with Gasteiger partial charge in [0, 0.05) is 15.7 Å². The van der Waals surface area contributed by atoms with Crippen molar-refractivity contribution in [2.45, 2.75) is 6.92 Å². The first-order valence-electron chi connectivity index (χ1n) is 3.72. The molecule has 0 N–H and O–H groups in total. The van der Waals surface area contributed by atoms with Gasteiger partial charge >= 0.3 is 0 Å². The van der Waals surface area contributed by atoms with Crippen molar-refractivity contribution in [3.8, 4) is 0 Å². The highest BCUT2D eigenvalue weighted by Gasteiger charge is 2.06. The Balaban J connectivity index is 3.18. The molecule has 0 bridgehead atoms. The fourth-order valence-corrected chi connectivity index (χ4v) is 1.47. The second-order valence-corrected chi connectivity index (χ2v) is 3.63. The van der Waals surface area contributed by atoms with Gasteiger partial charge in [-0.3, -0.25) is 10.1 Å². The molecule has 0 atom stereocenters. The summed E-state index contributed by atoms with van der Waals surface area (Å²) in [5, 5.41) is 10.4. The van der Waals surface area contributed by atoms with Gasteiger partial charge in [-0.2, -0.15) is 0 Å². The van der Waals surface area contributed by atoms with Crippen LogP contribution in [0.5, 0.6) is 0 Å². The Morgan fingerprint density at radius 2 is 2.23 bits per heavy atom. The summed E-state index contributed by atoms with van der Waals surface area (Å²) in [6, 6.07) is 4.82. The lowest BCUT2D eigenvalue weighted by atomic mass is 10.2. The second-order valence-electron chi connectivity index (χ2n) is 2.46. The van der Waals surface area contributed by atoms with Gasteiger partial charge < -0.3 is 0 Å². The first-order valence-corrected chi connectivity index (χ1v) is 4.79. The average Bonchev–Trinajstić information content (AvgIpc) is 2.08. The van der Waals surface area contributed by atoms with Crippen molar-refractivity contribution in [3.63, 3.8) is 0 Å². The standard InChI is InChI=1S/C9H8INO2/c1-2-3-7-6-8(11(12)13)4-5-9(7)10/h2-6H,1H3/b3-2+. The van der Waals surface area contributed by atoms with E-state index in [0.29, 0.717) is 0 Å². The van der Waals surface area contributed by atoms with Gasteiger partial charge in [0.1, 0.15) is 0 Å². The van der Waals surface area contributed by atoms with Gasteiger partial charge in [-0.1, -0.05) is 12.2 Å². The summed E-state index contributed by atoms with van der Waals surface area (Å²) in [5.74, 6) is 0. The summed E-state index contributed by atoms with van der Waals surface area (Å²) in [6.07, 6.45) is 3.72. The number of hydrogen-bond donors (Lipinski definition) is 0. The highest BCUT2D eigenvalue weighted by Crippen LogP contribution is 2.20. The van der Waals surface area contributed by atoms with Crippen LogP contribution in [0.25, 0.3) is 6.08 Å². The maximum absolute atomic E-state index is 10.4. The van der Waals surface area contributed by atoms with Crippen molar-refractivity contribution < 1.29 is 4.92 Å². The van der Waals surface area contributed by atoms with E-state index in [9.17, 15) is 10.1 Å². The molecule has 0 unspecified atom stereocenters. The van der Waals surface area contributed by atoms with Crippen LogP contribution in [0, 0.1) is 13.7 Å². The van der Waals surface area contributed by atoms with Crippen LogP contribution >= 0.6 is 22.6 Å². The summed E-state index contributed by atoms with van der Waals surface area (Å²) in [7, 11) is 0. The molecular formula is C9H8INO2. The summed E-state index contributed by atoms with van der Waals surface area (Å²) in [5.41, 5.74) is 1.02. The molecule has 0 aromatic heterocycles. The van der Waals surface area contributed by atoms with Gasteiger partial charge in [-0.25, -0.2) is 0 Å². The molecule has 68 valence electrons. The molecule has 0 heterocycles. The topological polar surface area (TPSA) is 43.1 Å². The van der Waals surface area contributed by atoms with E-state index in [1.165, 1.54) is 6.07 Å². The number of nitro groups is 1. The number of non-ortho nitro benzene ring substituents is 1. The van der Waals surface area contributed by atoms with Crippen LogP contribution in [0.15, 0.2) is 24.3 Å². The van der Waals surface area contributed by atoms with Crippen LogP contribution in [0.3, 0.4) is 0 Å². The molecule has 0 fully saturated rings. The highest BCUT2D eigenvalue weighted by molar-refractivity contribution is 14.1. The number of hydrogen-bond acceptors (Lipinski definition) is 2. The normalized spacial score (nSPS) is 10.6. The van der Waals surface area contributed by atoms with Crippen molar-refractivity contribution in [2.75, 3.05) is 0 Å². The Morgan fingerprint density at radius 1 is 1.54 bits per heavy atom. The molecule has 0 aliphatic carbocycles. The molecule has 0 saturated carbocycles. The van der Waals surface area contributed by atoms with Crippen LogP contribution in [-0.2, 0) is 0 Å². The Morgan fingerprint density at radius 3 is 2.77 bits per heavy atom. The molecule has 1 rings (SSSR count). The van der Waals surface area contributed by atoms with Crippen molar-refractivity contribution in [2.24, 2.45) is 0 Å². The number of rotatable bonds is 2.